The lowest BCUT2D eigenvalue weighted by Gasteiger charge is -2.10. The van der Waals surface area contributed by atoms with Crippen LogP contribution < -0.4 is 5.43 Å². The second kappa shape index (κ2) is 6.29. The molecule has 9 heteroatoms. The summed E-state index contributed by atoms with van der Waals surface area (Å²) in [6, 6.07) is 0.965. The van der Waals surface area contributed by atoms with Crippen LogP contribution in [0, 0.1) is 12.7 Å². The Kier molecular flexibility index (Phi) is 4.33. The summed E-state index contributed by atoms with van der Waals surface area (Å²) in [5.74, 6) is -1.63. The first-order valence-electron chi connectivity index (χ1n) is 6.93. The predicted molar refractivity (Wildman–Crippen MR) is 88.7 cm³/mol. The number of hydrogen-bond acceptors (Lipinski definition) is 6. The number of aryl methyl sites for hydroxylation is 1. The maximum Gasteiger partial charge on any atom is 0.343 e. The van der Waals surface area contributed by atoms with Gasteiger partial charge in [-0.2, -0.15) is 0 Å². The molecule has 0 unspecified atom stereocenters. The third-order valence-electron chi connectivity index (χ3n) is 3.20. The number of fused-ring (bicyclic) bond motifs is 1. The summed E-state index contributed by atoms with van der Waals surface area (Å²) in [4.78, 5) is 33.6. The minimum atomic E-state index is -0.843. The second-order valence-electron chi connectivity index (χ2n) is 4.85. The molecule has 3 heterocycles. The van der Waals surface area contributed by atoms with E-state index in [4.69, 9.17) is 16.3 Å². The van der Waals surface area contributed by atoms with Crippen LogP contribution in [-0.4, -0.2) is 27.1 Å². The van der Waals surface area contributed by atoms with Crippen LogP contribution in [0.15, 0.2) is 23.3 Å². The lowest BCUT2D eigenvalue weighted by atomic mass is 10.2. The van der Waals surface area contributed by atoms with E-state index in [1.165, 1.54) is 22.1 Å². The lowest BCUT2D eigenvalue weighted by Crippen LogP contribution is -2.21. The molecule has 0 spiro atoms. The maximum absolute atomic E-state index is 13.8. The minimum Gasteiger partial charge on any atom is -0.462 e. The van der Waals surface area contributed by atoms with Crippen LogP contribution in [0.4, 0.5) is 4.39 Å². The molecular weight excluding hydrogens is 357 g/mol. The van der Waals surface area contributed by atoms with Gasteiger partial charge in [0.05, 0.1) is 12.0 Å². The van der Waals surface area contributed by atoms with E-state index in [1.807, 2.05) is 6.92 Å². The second-order valence-corrected chi connectivity index (χ2v) is 6.42. The molecule has 0 N–H and O–H groups in total. The Morgan fingerprint density at radius 1 is 1.50 bits per heavy atom. The highest BCUT2D eigenvalue weighted by Gasteiger charge is 2.20. The average Bonchev–Trinajstić information content (AvgIpc) is 2.96. The normalized spacial score (nSPS) is 11.0. The minimum absolute atomic E-state index is 0.0738. The monoisotopic (exact) mass is 367 g/mol. The summed E-state index contributed by atoms with van der Waals surface area (Å²) < 4.78 is 20.1. The number of aromatic nitrogens is 3. The van der Waals surface area contributed by atoms with Gasteiger partial charge in [0.25, 0.3) is 0 Å². The molecule has 0 aliphatic carbocycles. The molecule has 0 bridgehead atoms. The number of nitrogens with zero attached hydrogens (tertiary/aromatic N) is 3. The van der Waals surface area contributed by atoms with Gasteiger partial charge in [0, 0.05) is 17.3 Å². The van der Waals surface area contributed by atoms with Crippen molar-refractivity contribution in [1.82, 2.24) is 14.5 Å². The predicted octanol–water partition coefficient (Wildman–Crippen LogP) is 3.12. The number of ether oxygens (including phenoxy) is 1. The topological polar surface area (TPSA) is 74.1 Å². The van der Waals surface area contributed by atoms with Gasteiger partial charge in [-0.1, -0.05) is 11.6 Å². The van der Waals surface area contributed by atoms with Gasteiger partial charge < -0.3 is 4.74 Å². The number of thiazole rings is 1. The molecule has 0 aliphatic heterocycles. The zero-order valence-electron chi connectivity index (χ0n) is 12.7. The SMILES string of the molecule is CCOC(=O)c1cn(-c2ncc(C)s2)c2nc(Cl)c(F)cc2c1=O. The number of halogens is 2. The fraction of sp³-hybridized carbons (Fsp3) is 0.200. The smallest absolute Gasteiger partial charge is 0.343 e. The van der Waals surface area contributed by atoms with Crippen molar-refractivity contribution in [3.05, 3.63) is 50.1 Å². The largest absolute Gasteiger partial charge is 0.462 e. The van der Waals surface area contributed by atoms with Gasteiger partial charge in [0.2, 0.25) is 5.43 Å². The molecule has 0 radical (unpaired) electrons. The Morgan fingerprint density at radius 3 is 2.88 bits per heavy atom. The lowest BCUT2D eigenvalue weighted by molar-refractivity contribution is 0.0524. The van der Waals surface area contributed by atoms with Gasteiger partial charge in [-0.05, 0) is 19.9 Å². The fourth-order valence-electron chi connectivity index (χ4n) is 2.16. The quantitative estimate of drug-likeness (QED) is 0.525. The standard InChI is InChI=1S/C15H11ClFN3O3S/c1-3-23-14(22)9-6-20(15-18-5-7(2)24-15)13-8(11(9)21)4-10(17)12(16)19-13/h4-6H,3H2,1-2H3. The molecule has 6 nitrogen and oxygen atoms in total. The fourth-order valence-corrected chi connectivity index (χ4v) is 3.03. The number of pyridine rings is 2. The molecule has 0 fully saturated rings. The number of hydrogen-bond donors (Lipinski definition) is 0. The van der Waals surface area contributed by atoms with Gasteiger partial charge in [-0.25, -0.2) is 19.2 Å². The zero-order valence-corrected chi connectivity index (χ0v) is 14.2. The summed E-state index contributed by atoms with van der Waals surface area (Å²) in [6.45, 7) is 3.60. The zero-order chi connectivity index (χ0) is 17.4. The number of rotatable bonds is 3. The van der Waals surface area contributed by atoms with E-state index in [1.54, 1.807) is 13.1 Å². The Labute approximate surface area is 144 Å². The molecule has 3 aromatic rings. The van der Waals surface area contributed by atoms with Gasteiger partial charge in [0.15, 0.2) is 21.7 Å². The number of carbonyl (C=O) groups excluding carboxylic acids is 1. The Morgan fingerprint density at radius 2 is 2.25 bits per heavy atom. The molecule has 3 rings (SSSR count). The summed E-state index contributed by atoms with van der Waals surface area (Å²) in [5, 5.41) is 0.0290. The maximum atomic E-state index is 13.8. The van der Waals surface area contributed by atoms with E-state index < -0.39 is 17.2 Å². The van der Waals surface area contributed by atoms with Crippen LogP contribution in [0.2, 0.25) is 5.15 Å². The van der Waals surface area contributed by atoms with Crippen LogP contribution in [0.5, 0.6) is 0 Å². The highest BCUT2D eigenvalue weighted by molar-refractivity contribution is 7.14. The molecular formula is C15H11ClFN3O3S. The van der Waals surface area contributed by atoms with E-state index in [-0.39, 0.29) is 28.4 Å². The van der Waals surface area contributed by atoms with Crippen molar-refractivity contribution in [2.24, 2.45) is 0 Å². The summed E-state index contributed by atoms with van der Waals surface area (Å²) in [6.07, 6.45) is 2.93. The summed E-state index contributed by atoms with van der Waals surface area (Å²) in [7, 11) is 0. The first-order valence-corrected chi connectivity index (χ1v) is 8.13. The molecule has 0 aliphatic rings. The number of carbonyl (C=O) groups is 1. The van der Waals surface area contributed by atoms with E-state index in [2.05, 4.69) is 9.97 Å². The Bertz CT molecular complexity index is 1020. The molecule has 0 saturated carbocycles. The van der Waals surface area contributed by atoms with Gasteiger partial charge in [-0.3, -0.25) is 9.36 Å². The van der Waals surface area contributed by atoms with E-state index in [0.717, 1.165) is 10.9 Å². The van der Waals surface area contributed by atoms with Gasteiger partial charge in [-0.15, -0.1) is 11.3 Å². The highest BCUT2D eigenvalue weighted by Crippen LogP contribution is 2.23. The van der Waals surface area contributed by atoms with E-state index in [0.29, 0.717) is 5.13 Å². The van der Waals surface area contributed by atoms with Crippen molar-refractivity contribution in [3.63, 3.8) is 0 Å². The van der Waals surface area contributed by atoms with E-state index in [9.17, 15) is 14.0 Å². The van der Waals surface area contributed by atoms with Gasteiger partial charge in [0.1, 0.15) is 5.56 Å². The van der Waals surface area contributed by atoms with Crippen molar-refractivity contribution in [3.8, 4) is 5.13 Å². The number of esters is 1. The molecule has 3 aromatic heterocycles. The molecule has 24 heavy (non-hydrogen) atoms. The van der Waals surface area contributed by atoms with Crippen LogP contribution in [0.1, 0.15) is 22.2 Å². The third-order valence-corrected chi connectivity index (χ3v) is 4.38. The summed E-state index contributed by atoms with van der Waals surface area (Å²) >= 11 is 7.07. The first-order chi connectivity index (χ1) is 11.4. The van der Waals surface area contributed by atoms with Crippen LogP contribution >= 0.6 is 22.9 Å². The van der Waals surface area contributed by atoms with Crippen LogP contribution in [0.3, 0.4) is 0 Å². The summed E-state index contributed by atoms with van der Waals surface area (Å²) in [5.41, 5.74) is -0.773. The van der Waals surface area contributed by atoms with E-state index >= 15 is 0 Å². The first kappa shape index (κ1) is 16.5. The van der Waals surface area contributed by atoms with Crippen molar-refractivity contribution < 1.29 is 13.9 Å². The molecule has 0 amide bonds. The van der Waals surface area contributed by atoms with Crippen molar-refractivity contribution in [2.75, 3.05) is 6.61 Å². The van der Waals surface area contributed by atoms with Gasteiger partial charge >= 0.3 is 5.97 Å². The van der Waals surface area contributed by atoms with Crippen LogP contribution in [-0.2, 0) is 4.74 Å². The Balaban J connectivity index is 2.40. The molecule has 0 aromatic carbocycles. The average molecular weight is 368 g/mol. The molecule has 0 atom stereocenters. The van der Waals surface area contributed by atoms with Crippen molar-refractivity contribution in [2.45, 2.75) is 13.8 Å². The Hall–Kier alpha value is -2.32. The third kappa shape index (κ3) is 2.78. The highest BCUT2D eigenvalue weighted by atomic mass is 35.5. The van der Waals surface area contributed by atoms with Crippen molar-refractivity contribution >= 4 is 39.9 Å². The van der Waals surface area contributed by atoms with Crippen LogP contribution in [0.25, 0.3) is 16.2 Å². The van der Waals surface area contributed by atoms with Crippen molar-refractivity contribution in [1.29, 1.82) is 0 Å². The molecule has 124 valence electrons. The molecule has 0 saturated heterocycles.